The lowest BCUT2D eigenvalue weighted by molar-refractivity contribution is -0.127. The van der Waals surface area contributed by atoms with Crippen LogP contribution in [0.2, 0.25) is 5.02 Å². The van der Waals surface area contributed by atoms with Gasteiger partial charge in [0.1, 0.15) is 17.2 Å². The number of hydrazone groups is 1. The second-order valence-corrected chi connectivity index (χ2v) is 6.38. The fourth-order valence-electron chi connectivity index (χ4n) is 2.34. The Balaban J connectivity index is 1.55. The van der Waals surface area contributed by atoms with Crippen LogP contribution in [0.15, 0.2) is 84.0 Å². The van der Waals surface area contributed by atoms with Crippen molar-refractivity contribution in [3.63, 3.8) is 0 Å². The van der Waals surface area contributed by atoms with Crippen LogP contribution in [0.25, 0.3) is 0 Å². The number of amides is 1. The number of ether oxygens (including phenoxy) is 2. The molecule has 3 rings (SSSR count). The van der Waals surface area contributed by atoms with Crippen LogP contribution in [-0.4, -0.2) is 18.2 Å². The molecular formula is C22H19ClN2O3. The lowest BCUT2D eigenvalue weighted by atomic mass is 10.2. The molecule has 0 aliphatic rings. The summed E-state index contributed by atoms with van der Waals surface area (Å²) in [6.07, 6.45) is 0.824. The average Bonchev–Trinajstić information content (AvgIpc) is 2.69. The van der Waals surface area contributed by atoms with Crippen LogP contribution in [0.3, 0.4) is 0 Å². The maximum atomic E-state index is 12.1. The Morgan fingerprint density at radius 2 is 1.68 bits per heavy atom. The number of benzene rings is 3. The Kier molecular flexibility index (Phi) is 6.65. The molecule has 28 heavy (non-hydrogen) atoms. The van der Waals surface area contributed by atoms with Crippen LogP contribution in [0.4, 0.5) is 0 Å². The van der Waals surface area contributed by atoms with Crippen LogP contribution >= 0.6 is 11.6 Å². The van der Waals surface area contributed by atoms with E-state index in [1.165, 1.54) is 0 Å². The van der Waals surface area contributed by atoms with Crippen molar-refractivity contribution in [3.05, 3.63) is 89.4 Å². The molecule has 0 bridgehead atoms. The van der Waals surface area contributed by atoms with Gasteiger partial charge in [0.15, 0.2) is 6.10 Å². The molecule has 1 N–H and O–H groups in total. The van der Waals surface area contributed by atoms with Gasteiger partial charge >= 0.3 is 0 Å². The van der Waals surface area contributed by atoms with Crippen LogP contribution in [-0.2, 0) is 4.79 Å². The Morgan fingerprint density at radius 3 is 2.46 bits per heavy atom. The largest absolute Gasteiger partial charge is 0.481 e. The molecule has 3 aromatic carbocycles. The minimum absolute atomic E-state index is 0.368. The topological polar surface area (TPSA) is 59.9 Å². The first-order valence-corrected chi connectivity index (χ1v) is 9.06. The third kappa shape index (κ3) is 5.86. The molecule has 142 valence electrons. The summed E-state index contributed by atoms with van der Waals surface area (Å²) in [6, 6.07) is 23.8. The van der Waals surface area contributed by atoms with E-state index in [0.717, 1.165) is 11.3 Å². The number of halogens is 1. The van der Waals surface area contributed by atoms with Gasteiger partial charge in [-0.1, -0.05) is 48.0 Å². The monoisotopic (exact) mass is 394 g/mol. The Bertz CT molecular complexity index is 961. The number of nitrogens with zero attached hydrogens (tertiary/aromatic N) is 1. The molecule has 0 radical (unpaired) electrons. The predicted octanol–water partition coefficient (Wildman–Crippen LogP) is 5.05. The predicted molar refractivity (Wildman–Crippen MR) is 110 cm³/mol. The molecule has 0 aliphatic heterocycles. The van der Waals surface area contributed by atoms with E-state index in [2.05, 4.69) is 10.5 Å². The number of hydrogen-bond acceptors (Lipinski definition) is 4. The minimum atomic E-state index is -0.719. The molecule has 0 spiro atoms. The second-order valence-electron chi connectivity index (χ2n) is 5.94. The molecule has 3 aromatic rings. The Morgan fingerprint density at radius 1 is 0.964 bits per heavy atom. The lowest BCUT2D eigenvalue weighted by Crippen LogP contribution is -2.33. The van der Waals surface area contributed by atoms with E-state index in [9.17, 15) is 4.79 Å². The summed E-state index contributed by atoms with van der Waals surface area (Å²) in [5.74, 6) is 1.58. The molecule has 0 saturated heterocycles. The third-order valence-electron chi connectivity index (χ3n) is 3.70. The van der Waals surface area contributed by atoms with Crippen molar-refractivity contribution in [2.24, 2.45) is 5.10 Å². The van der Waals surface area contributed by atoms with Gasteiger partial charge in [-0.05, 0) is 55.0 Å². The fourth-order valence-corrected chi connectivity index (χ4v) is 2.52. The molecule has 1 amide bonds. The quantitative estimate of drug-likeness (QED) is 0.450. The number of carbonyl (C=O) groups excluding carboxylic acids is 1. The van der Waals surface area contributed by atoms with Gasteiger partial charge in [0.25, 0.3) is 5.91 Å². The molecule has 6 heteroatoms. The maximum Gasteiger partial charge on any atom is 0.280 e. The highest BCUT2D eigenvalue weighted by Crippen LogP contribution is 2.21. The number of carbonyl (C=O) groups is 1. The van der Waals surface area contributed by atoms with E-state index >= 15 is 0 Å². The summed E-state index contributed by atoms with van der Waals surface area (Å²) in [4.78, 5) is 12.1. The van der Waals surface area contributed by atoms with Gasteiger partial charge in [0, 0.05) is 5.02 Å². The SMILES string of the molecule is CC(Oc1cccc(Cl)c1)C(=O)N/N=C/c1cccc(Oc2ccccc2)c1. The molecule has 0 saturated carbocycles. The van der Waals surface area contributed by atoms with Gasteiger partial charge in [-0.2, -0.15) is 5.10 Å². The fraction of sp³-hybridized carbons (Fsp3) is 0.0909. The van der Waals surface area contributed by atoms with Crippen molar-refractivity contribution >= 4 is 23.7 Å². The first-order chi connectivity index (χ1) is 13.6. The van der Waals surface area contributed by atoms with Crippen molar-refractivity contribution in [2.45, 2.75) is 13.0 Å². The lowest BCUT2D eigenvalue weighted by Gasteiger charge is -2.12. The summed E-state index contributed by atoms with van der Waals surface area (Å²) < 4.78 is 11.3. The van der Waals surface area contributed by atoms with Crippen molar-refractivity contribution in [1.29, 1.82) is 0 Å². The summed E-state index contributed by atoms with van der Waals surface area (Å²) >= 11 is 5.91. The number of para-hydroxylation sites is 1. The van der Waals surface area contributed by atoms with E-state index in [1.807, 2.05) is 54.6 Å². The minimum Gasteiger partial charge on any atom is -0.481 e. The first-order valence-electron chi connectivity index (χ1n) is 8.68. The van der Waals surface area contributed by atoms with Crippen LogP contribution in [0.1, 0.15) is 12.5 Å². The van der Waals surface area contributed by atoms with Crippen LogP contribution in [0.5, 0.6) is 17.2 Å². The summed E-state index contributed by atoms with van der Waals surface area (Å²) in [7, 11) is 0. The molecule has 0 heterocycles. The van der Waals surface area contributed by atoms with Crippen molar-refractivity contribution in [3.8, 4) is 17.2 Å². The zero-order valence-corrected chi connectivity index (χ0v) is 16.0. The standard InChI is InChI=1S/C22H19ClN2O3/c1-16(27-21-12-6-8-18(23)14-21)22(26)25-24-15-17-7-5-11-20(13-17)28-19-9-3-2-4-10-19/h2-16H,1H3,(H,25,26)/b24-15+. The van der Waals surface area contributed by atoms with Gasteiger partial charge in [0.2, 0.25) is 0 Å². The van der Waals surface area contributed by atoms with Crippen molar-refractivity contribution in [2.75, 3.05) is 0 Å². The Hall–Kier alpha value is -3.31. The zero-order chi connectivity index (χ0) is 19.8. The summed E-state index contributed by atoms with van der Waals surface area (Å²) in [6.45, 7) is 1.64. The molecule has 5 nitrogen and oxygen atoms in total. The van der Waals surface area contributed by atoms with Crippen LogP contribution < -0.4 is 14.9 Å². The normalized spacial score (nSPS) is 11.8. The molecule has 0 aromatic heterocycles. The maximum absolute atomic E-state index is 12.1. The molecule has 1 unspecified atom stereocenters. The van der Waals surface area contributed by atoms with E-state index in [4.69, 9.17) is 21.1 Å². The van der Waals surface area contributed by atoms with Crippen molar-refractivity contribution in [1.82, 2.24) is 5.43 Å². The highest BCUT2D eigenvalue weighted by Gasteiger charge is 2.13. The van der Waals surface area contributed by atoms with Gasteiger partial charge in [-0.3, -0.25) is 4.79 Å². The van der Waals surface area contributed by atoms with Gasteiger partial charge in [-0.25, -0.2) is 5.43 Å². The van der Waals surface area contributed by atoms with Crippen molar-refractivity contribution < 1.29 is 14.3 Å². The summed E-state index contributed by atoms with van der Waals surface area (Å²) in [5.41, 5.74) is 3.26. The van der Waals surface area contributed by atoms with Gasteiger partial charge < -0.3 is 9.47 Å². The highest BCUT2D eigenvalue weighted by atomic mass is 35.5. The Labute approximate surface area is 168 Å². The van der Waals surface area contributed by atoms with E-state index < -0.39 is 6.10 Å². The number of hydrogen-bond donors (Lipinski definition) is 1. The molecular weight excluding hydrogens is 376 g/mol. The smallest absolute Gasteiger partial charge is 0.280 e. The second kappa shape index (κ2) is 9.58. The van der Waals surface area contributed by atoms with E-state index in [0.29, 0.717) is 16.5 Å². The first kappa shape index (κ1) is 19.5. The average molecular weight is 395 g/mol. The zero-order valence-electron chi connectivity index (χ0n) is 15.2. The van der Waals surface area contributed by atoms with Gasteiger partial charge in [0.05, 0.1) is 6.21 Å². The summed E-state index contributed by atoms with van der Waals surface area (Å²) in [5, 5.41) is 4.53. The molecule has 0 aliphatic carbocycles. The molecule has 0 fully saturated rings. The van der Waals surface area contributed by atoms with E-state index in [1.54, 1.807) is 37.4 Å². The van der Waals surface area contributed by atoms with Gasteiger partial charge in [-0.15, -0.1) is 0 Å². The van der Waals surface area contributed by atoms with E-state index in [-0.39, 0.29) is 5.91 Å². The van der Waals surface area contributed by atoms with Crippen LogP contribution in [0, 0.1) is 0 Å². The number of nitrogens with one attached hydrogen (secondary N) is 1. The molecule has 1 atom stereocenters. The highest BCUT2D eigenvalue weighted by molar-refractivity contribution is 6.30. The third-order valence-corrected chi connectivity index (χ3v) is 3.94. The number of rotatable bonds is 7.